The number of aliphatic hydroxyl groups excluding tert-OH is 1. The molecule has 0 bridgehead atoms. The van der Waals surface area contributed by atoms with Crippen molar-refractivity contribution >= 4 is 40.7 Å². The average molecular weight is 572 g/mol. The molecule has 1 aliphatic rings. The van der Waals surface area contributed by atoms with Crippen LogP contribution in [0.5, 0.6) is 5.75 Å². The number of aromatic nitrogens is 2. The van der Waals surface area contributed by atoms with Gasteiger partial charge in [-0.05, 0) is 43.8 Å². The van der Waals surface area contributed by atoms with Gasteiger partial charge < -0.3 is 20.1 Å². The van der Waals surface area contributed by atoms with E-state index in [4.69, 9.17) is 27.9 Å². The number of carbonyl (C=O) groups excluding carboxylic acids is 2. The second-order valence-corrected chi connectivity index (χ2v) is 10.6. The highest BCUT2D eigenvalue weighted by molar-refractivity contribution is 6.42. The van der Waals surface area contributed by atoms with Crippen LogP contribution in [0.2, 0.25) is 10.0 Å². The summed E-state index contributed by atoms with van der Waals surface area (Å²) in [7, 11) is 1.97. The average Bonchev–Trinajstić information content (AvgIpc) is 2.93. The van der Waals surface area contributed by atoms with Crippen molar-refractivity contribution in [3.05, 3.63) is 81.9 Å². The molecule has 2 N–H and O–H groups in total. The van der Waals surface area contributed by atoms with E-state index < -0.39 is 11.9 Å². The molecular formula is C28H31Cl2N5O4. The smallest absolute Gasteiger partial charge is 0.275 e. The van der Waals surface area contributed by atoms with Gasteiger partial charge in [-0.2, -0.15) is 0 Å². The summed E-state index contributed by atoms with van der Waals surface area (Å²) in [6.45, 7) is 5.13. The van der Waals surface area contributed by atoms with Crippen molar-refractivity contribution in [3.63, 3.8) is 0 Å². The Kier molecular flexibility index (Phi) is 9.40. The largest absolute Gasteiger partial charge is 0.486 e. The first-order chi connectivity index (χ1) is 18.7. The molecule has 0 radical (unpaired) electrons. The Balaban J connectivity index is 1.66. The zero-order chi connectivity index (χ0) is 28.1. The van der Waals surface area contributed by atoms with E-state index in [1.54, 1.807) is 36.1 Å². The lowest BCUT2D eigenvalue weighted by atomic mass is 9.98. The maximum absolute atomic E-state index is 13.6. The van der Waals surface area contributed by atoms with Gasteiger partial charge in [0.15, 0.2) is 5.75 Å². The summed E-state index contributed by atoms with van der Waals surface area (Å²) < 4.78 is 6.55. The van der Waals surface area contributed by atoms with E-state index in [2.05, 4.69) is 20.2 Å². The molecule has 0 unspecified atom stereocenters. The number of halogens is 2. The van der Waals surface area contributed by atoms with Gasteiger partial charge in [-0.3, -0.25) is 19.5 Å². The van der Waals surface area contributed by atoms with E-state index in [9.17, 15) is 14.7 Å². The van der Waals surface area contributed by atoms with Crippen molar-refractivity contribution in [2.24, 2.45) is 5.92 Å². The van der Waals surface area contributed by atoms with Crippen LogP contribution in [-0.4, -0.2) is 75.6 Å². The number of nitrogens with one attached hydrogen (secondary N) is 1. The topological polar surface area (TPSA) is 108 Å². The normalized spacial score (nSPS) is 18.1. The standard InChI is InChI=1S/C28H31Cl2N5O4/c1-17-13-35(18(2)16-36)28(38)20-5-4-6-23(33-27(37)24-12-31-9-10-32-24)26(20)39-25(17)15-34(3)14-19-7-8-21(29)22(30)11-19/h4-12,17-18,25,36H,13-16H2,1-3H3,(H,33,37)/t17-,18+,25+/m0/s1. The summed E-state index contributed by atoms with van der Waals surface area (Å²) >= 11 is 12.3. The fourth-order valence-electron chi connectivity index (χ4n) is 4.48. The van der Waals surface area contributed by atoms with Gasteiger partial charge in [0.1, 0.15) is 11.8 Å². The van der Waals surface area contributed by atoms with Crippen LogP contribution in [0, 0.1) is 5.92 Å². The zero-order valence-electron chi connectivity index (χ0n) is 22.0. The van der Waals surface area contributed by atoms with Crippen molar-refractivity contribution < 1.29 is 19.4 Å². The Morgan fingerprint density at radius 2 is 2.05 bits per heavy atom. The van der Waals surface area contributed by atoms with E-state index in [0.717, 1.165) is 5.56 Å². The van der Waals surface area contributed by atoms with Gasteiger partial charge in [0, 0.05) is 37.9 Å². The summed E-state index contributed by atoms with van der Waals surface area (Å²) in [5.74, 6) is -0.585. The number of para-hydroxylation sites is 1. The third-order valence-corrected chi connectivity index (χ3v) is 7.40. The number of likely N-dealkylation sites (N-methyl/N-ethyl adjacent to an activating group) is 1. The van der Waals surface area contributed by atoms with Gasteiger partial charge in [-0.15, -0.1) is 0 Å². The molecule has 206 valence electrons. The van der Waals surface area contributed by atoms with Crippen molar-refractivity contribution in [2.45, 2.75) is 32.5 Å². The SMILES string of the molecule is C[C@H](CO)N1C[C@H](C)[C@@H](CN(C)Cc2ccc(Cl)c(Cl)c2)Oc2c(NC(=O)c3cnccn3)cccc2C1=O. The van der Waals surface area contributed by atoms with Gasteiger partial charge in [0.25, 0.3) is 11.8 Å². The Morgan fingerprint density at radius 1 is 1.26 bits per heavy atom. The van der Waals surface area contributed by atoms with Crippen molar-refractivity contribution in [1.82, 2.24) is 19.8 Å². The number of fused-ring (bicyclic) bond motifs is 1. The number of anilines is 1. The Bertz CT molecular complexity index is 1330. The van der Waals surface area contributed by atoms with Gasteiger partial charge in [-0.25, -0.2) is 4.98 Å². The predicted molar refractivity (Wildman–Crippen MR) is 150 cm³/mol. The first kappa shape index (κ1) is 28.8. The van der Waals surface area contributed by atoms with E-state index in [1.807, 2.05) is 26.1 Å². The van der Waals surface area contributed by atoms with E-state index in [0.29, 0.717) is 40.9 Å². The number of aliphatic hydroxyl groups is 1. The number of hydrogen-bond acceptors (Lipinski definition) is 7. The summed E-state index contributed by atoms with van der Waals surface area (Å²) in [6, 6.07) is 10.2. The molecule has 39 heavy (non-hydrogen) atoms. The van der Waals surface area contributed by atoms with Gasteiger partial charge in [0.2, 0.25) is 0 Å². The molecule has 1 aliphatic heterocycles. The molecule has 0 saturated carbocycles. The van der Waals surface area contributed by atoms with Crippen molar-refractivity contribution in [2.75, 3.05) is 32.1 Å². The summed E-state index contributed by atoms with van der Waals surface area (Å²) in [5.41, 5.74) is 1.78. The lowest BCUT2D eigenvalue weighted by Crippen LogP contribution is -2.49. The van der Waals surface area contributed by atoms with Crippen LogP contribution in [0.25, 0.3) is 0 Å². The minimum absolute atomic E-state index is 0.101. The monoisotopic (exact) mass is 571 g/mol. The summed E-state index contributed by atoms with van der Waals surface area (Å²) in [4.78, 5) is 38.3. The van der Waals surface area contributed by atoms with Crippen LogP contribution in [0.3, 0.4) is 0 Å². The fourth-order valence-corrected chi connectivity index (χ4v) is 4.80. The number of carbonyl (C=O) groups is 2. The molecule has 3 aromatic rings. The van der Waals surface area contributed by atoms with Crippen molar-refractivity contribution in [3.8, 4) is 5.75 Å². The van der Waals surface area contributed by atoms with Crippen LogP contribution < -0.4 is 10.1 Å². The second kappa shape index (κ2) is 12.7. The number of hydrogen-bond donors (Lipinski definition) is 2. The van der Waals surface area contributed by atoms with Crippen LogP contribution in [0.15, 0.2) is 55.0 Å². The minimum atomic E-state index is -0.475. The highest BCUT2D eigenvalue weighted by Gasteiger charge is 2.34. The quantitative estimate of drug-likeness (QED) is 0.412. The van der Waals surface area contributed by atoms with Crippen LogP contribution in [-0.2, 0) is 6.54 Å². The first-order valence-corrected chi connectivity index (χ1v) is 13.3. The van der Waals surface area contributed by atoms with E-state index in [-0.39, 0.29) is 36.0 Å². The highest BCUT2D eigenvalue weighted by Crippen LogP contribution is 2.35. The van der Waals surface area contributed by atoms with Crippen LogP contribution in [0.1, 0.15) is 40.3 Å². The number of rotatable bonds is 8. The van der Waals surface area contributed by atoms with Crippen molar-refractivity contribution in [1.29, 1.82) is 0 Å². The molecule has 0 aliphatic carbocycles. The van der Waals surface area contributed by atoms with Gasteiger partial charge >= 0.3 is 0 Å². The Hall–Kier alpha value is -3.24. The zero-order valence-corrected chi connectivity index (χ0v) is 23.5. The van der Waals surface area contributed by atoms with Crippen LogP contribution >= 0.6 is 23.2 Å². The molecule has 2 heterocycles. The third kappa shape index (κ3) is 6.86. The summed E-state index contributed by atoms with van der Waals surface area (Å²) in [5, 5.41) is 13.7. The van der Waals surface area contributed by atoms with E-state index in [1.165, 1.54) is 18.6 Å². The van der Waals surface area contributed by atoms with E-state index >= 15 is 0 Å². The fraction of sp³-hybridized carbons (Fsp3) is 0.357. The number of ether oxygens (including phenoxy) is 1. The molecule has 1 aromatic heterocycles. The Labute approximate surface area is 237 Å². The molecular weight excluding hydrogens is 541 g/mol. The van der Waals surface area contributed by atoms with Gasteiger partial charge in [0.05, 0.1) is 40.1 Å². The molecule has 11 heteroatoms. The number of benzene rings is 2. The second-order valence-electron chi connectivity index (χ2n) is 9.79. The van der Waals surface area contributed by atoms with Gasteiger partial charge in [-0.1, -0.05) is 42.3 Å². The summed E-state index contributed by atoms with van der Waals surface area (Å²) in [6.07, 6.45) is 3.92. The maximum atomic E-state index is 13.6. The first-order valence-electron chi connectivity index (χ1n) is 12.6. The third-order valence-electron chi connectivity index (χ3n) is 6.66. The molecule has 0 spiro atoms. The number of amides is 2. The maximum Gasteiger partial charge on any atom is 0.275 e. The highest BCUT2D eigenvalue weighted by atomic mass is 35.5. The molecule has 2 amide bonds. The minimum Gasteiger partial charge on any atom is -0.486 e. The molecule has 9 nitrogen and oxygen atoms in total. The number of nitrogens with zero attached hydrogens (tertiary/aromatic N) is 4. The Morgan fingerprint density at radius 3 is 2.74 bits per heavy atom. The molecule has 0 fully saturated rings. The molecule has 4 rings (SSSR count). The molecule has 2 aromatic carbocycles. The predicted octanol–water partition coefficient (Wildman–Crippen LogP) is 4.39. The molecule has 0 saturated heterocycles. The van der Waals surface area contributed by atoms with Crippen LogP contribution in [0.4, 0.5) is 5.69 Å². The lowest BCUT2D eigenvalue weighted by Gasteiger charge is -2.38. The lowest BCUT2D eigenvalue weighted by molar-refractivity contribution is 0.0343. The molecule has 3 atom stereocenters.